The summed E-state index contributed by atoms with van der Waals surface area (Å²) < 4.78 is 0. The van der Waals surface area contributed by atoms with Gasteiger partial charge in [-0.2, -0.15) is 0 Å². The Bertz CT molecular complexity index is 1450. The van der Waals surface area contributed by atoms with Crippen LogP contribution in [0.25, 0.3) is 0 Å². The number of carbonyl (C=O) groups excluding carboxylic acids is 2. The normalized spacial score (nSPS) is 10.4. The van der Waals surface area contributed by atoms with Gasteiger partial charge in [-0.15, -0.1) is 0 Å². The van der Waals surface area contributed by atoms with E-state index in [4.69, 9.17) is 56.3 Å². The van der Waals surface area contributed by atoms with Gasteiger partial charge in [0.1, 0.15) is 0 Å². The molecular formula is C32H27Br3Cl4O4. The summed E-state index contributed by atoms with van der Waals surface area (Å²) in [5.74, 6) is -0.704. The van der Waals surface area contributed by atoms with Crippen molar-refractivity contribution in [3.8, 4) is 0 Å². The molecule has 0 radical (unpaired) electrons. The second-order valence-corrected chi connectivity index (χ2v) is 11.6. The topological polar surface area (TPSA) is 71.4 Å². The smallest absolute Gasteiger partial charge is 0.300 e. The quantitative estimate of drug-likeness (QED) is 0.142. The molecule has 0 aliphatic heterocycles. The van der Waals surface area contributed by atoms with Gasteiger partial charge in [0.2, 0.25) is 0 Å². The third-order valence-corrected chi connectivity index (χ3v) is 7.14. The second kappa shape index (κ2) is 21.9. The Balaban J connectivity index is 0.000000364. The van der Waals surface area contributed by atoms with Gasteiger partial charge in [-0.1, -0.05) is 111 Å². The van der Waals surface area contributed by atoms with Crippen molar-refractivity contribution in [2.45, 2.75) is 31.0 Å². The number of alkyl halides is 1. The molecule has 1 unspecified atom stereocenters. The lowest BCUT2D eigenvalue weighted by Crippen LogP contribution is -2.16. The van der Waals surface area contributed by atoms with Crippen LogP contribution >= 0.6 is 90.6 Å². The molecule has 0 aliphatic carbocycles. The SMILES string of the molecule is BrBr.CC(=O)O.O=C(CCc1ccc(Cl)cc1)c1cccc(Cl)c1.O=C(c1cccc(Cl)c1)C(Br)Cc1ccc(Cl)cc1. The number of benzene rings is 4. The van der Waals surface area contributed by atoms with Crippen LogP contribution in [-0.4, -0.2) is 27.5 Å². The molecule has 228 valence electrons. The van der Waals surface area contributed by atoms with E-state index >= 15 is 0 Å². The average Bonchev–Trinajstić information content (AvgIpc) is 2.98. The van der Waals surface area contributed by atoms with Crippen molar-refractivity contribution in [3.63, 3.8) is 0 Å². The number of halogens is 7. The molecule has 1 N–H and O–H groups in total. The summed E-state index contributed by atoms with van der Waals surface area (Å²) in [7, 11) is 0. The first-order valence-electron chi connectivity index (χ1n) is 12.5. The first-order chi connectivity index (χ1) is 20.4. The number of Topliss-reactive ketones (excluding diaryl/α,β-unsaturated/α-hetero) is 2. The lowest BCUT2D eigenvalue weighted by atomic mass is 10.0. The van der Waals surface area contributed by atoms with Crippen LogP contribution < -0.4 is 0 Å². The zero-order chi connectivity index (χ0) is 32.4. The fourth-order valence-corrected chi connectivity index (χ4v) is 4.73. The van der Waals surface area contributed by atoms with E-state index in [0.29, 0.717) is 50.5 Å². The van der Waals surface area contributed by atoms with Crippen LogP contribution in [0.3, 0.4) is 0 Å². The van der Waals surface area contributed by atoms with Gasteiger partial charge in [-0.05, 0) is 72.5 Å². The standard InChI is InChI=1S/C15H11BrCl2O.C15H12Cl2O.C2H4O2.Br2/c16-14(8-10-4-6-12(17)7-5-10)15(19)11-2-1-3-13(18)9-11;16-13-7-4-11(5-8-13)6-9-15(18)12-2-1-3-14(17)10-12;1-2(3)4;1-2/h1-7,9,14H,8H2;1-5,7-8,10H,6,9H2;1H3,(H,3,4);. The summed E-state index contributed by atoms with van der Waals surface area (Å²) >= 11 is 32.3. The minimum absolute atomic E-state index is 0.0254. The number of aliphatic carboxylic acids is 1. The molecule has 0 amide bonds. The number of rotatable bonds is 8. The van der Waals surface area contributed by atoms with E-state index in [1.807, 2.05) is 48.5 Å². The van der Waals surface area contributed by atoms with Gasteiger partial charge in [0.15, 0.2) is 11.6 Å². The molecule has 1 atom stereocenters. The molecule has 4 rings (SSSR count). The monoisotopic (exact) mass is 852 g/mol. The Morgan fingerprint density at radius 2 is 1.09 bits per heavy atom. The predicted octanol–water partition coefficient (Wildman–Crippen LogP) is 11.8. The van der Waals surface area contributed by atoms with Crippen molar-refractivity contribution in [1.82, 2.24) is 0 Å². The van der Waals surface area contributed by atoms with Gasteiger partial charge >= 0.3 is 0 Å². The number of carboxylic acid groups (broad SMARTS) is 1. The molecule has 11 heteroatoms. The van der Waals surface area contributed by atoms with Gasteiger partial charge in [-0.25, -0.2) is 0 Å². The van der Waals surface area contributed by atoms with Crippen LogP contribution in [0, 0.1) is 0 Å². The summed E-state index contributed by atoms with van der Waals surface area (Å²) in [6.45, 7) is 1.08. The molecule has 0 aromatic heterocycles. The van der Waals surface area contributed by atoms with Crippen molar-refractivity contribution in [3.05, 3.63) is 139 Å². The van der Waals surface area contributed by atoms with E-state index in [-0.39, 0.29) is 16.4 Å². The Morgan fingerprint density at radius 1 is 0.674 bits per heavy atom. The summed E-state index contributed by atoms with van der Waals surface area (Å²) in [4.78, 5) is 32.9. The minimum Gasteiger partial charge on any atom is -0.481 e. The summed E-state index contributed by atoms with van der Waals surface area (Å²) in [5, 5.41) is 9.97. The summed E-state index contributed by atoms with van der Waals surface area (Å²) in [6.07, 6.45) is 1.80. The van der Waals surface area contributed by atoms with Crippen molar-refractivity contribution in [2.75, 3.05) is 0 Å². The first-order valence-corrected chi connectivity index (χ1v) is 18.6. The maximum absolute atomic E-state index is 12.2. The second-order valence-electron chi connectivity index (χ2n) is 8.75. The average molecular weight is 857 g/mol. The molecule has 0 aliphatic rings. The van der Waals surface area contributed by atoms with E-state index in [9.17, 15) is 9.59 Å². The number of aryl methyl sites for hydroxylation is 1. The molecule has 0 saturated heterocycles. The Kier molecular flexibility index (Phi) is 20.0. The Hall–Kier alpha value is -1.71. The van der Waals surface area contributed by atoms with E-state index in [1.54, 1.807) is 48.5 Å². The summed E-state index contributed by atoms with van der Waals surface area (Å²) in [6, 6.07) is 29.0. The Morgan fingerprint density at radius 3 is 1.56 bits per heavy atom. The number of carbonyl (C=O) groups is 3. The van der Waals surface area contributed by atoms with Gasteiger partial charge in [-0.3, -0.25) is 14.4 Å². The highest BCUT2D eigenvalue weighted by Crippen LogP contribution is 2.20. The van der Waals surface area contributed by atoms with Crippen molar-refractivity contribution in [2.24, 2.45) is 0 Å². The Labute approximate surface area is 295 Å². The molecule has 4 aromatic rings. The van der Waals surface area contributed by atoms with Crippen LogP contribution in [0.5, 0.6) is 0 Å². The van der Waals surface area contributed by atoms with Crippen LogP contribution in [-0.2, 0) is 17.6 Å². The van der Waals surface area contributed by atoms with E-state index in [2.05, 4.69) is 44.2 Å². The minimum atomic E-state index is -0.833. The zero-order valence-corrected chi connectivity index (χ0v) is 30.5. The third-order valence-electron chi connectivity index (χ3n) is 5.42. The molecule has 0 spiro atoms. The van der Waals surface area contributed by atoms with Crippen molar-refractivity contribution in [1.29, 1.82) is 0 Å². The molecule has 0 heterocycles. The van der Waals surface area contributed by atoms with Crippen molar-refractivity contribution >= 4 is 108 Å². The fraction of sp³-hybridized carbons (Fsp3) is 0.156. The lowest BCUT2D eigenvalue weighted by molar-refractivity contribution is -0.134. The molecular weight excluding hydrogens is 830 g/mol. The summed E-state index contributed by atoms with van der Waals surface area (Å²) in [5.41, 5.74) is 3.44. The molecule has 0 fully saturated rings. The highest BCUT2D eigenvalue weighted by molar-refractivity contribution is 9.93. The van der Waals surface area contributed by atoms with Gasteiger partial charge < -0.3 is 5.11 Å². The molecule has 4 nitrogen and oxygen atoms in total. The highest BCUT2D eigenvalue weighted by Gasteiger charge is 2.17. The maximum Gasteiger partial charge on any atom is 0.300 e. The first kappa shape index (κ1) is 39.3. The van der Waals surface area contributed by atoms with Gasteiger partial charge in [0.05, 0.1) is 4.83 Å². The van der Waals surface area contributed by atoms with Crippen LogP contribution in [0.2, 0.25) is 20.1 Å². The largest absolute Gasteiger partial charge is 0.481 e. The number of ketones is 2. The van der Waals surface area contributed by atoms with Crippen LogP contribution in [0.1, 0.15) is 45.2 Å². The molecule has 0 saturated carbocycles. The molecule has 4 aromatic carbocycles. The number of hydrogen-bond acceptors (Lipinski definition) is 3. The number of carboxylic acids is 1. The van der Waals surface area contributed by atoms with Crippen LogP contribution in [0.15, 0.2) is 97.1 Å². The maximum atomic E-state index is 12.2. The fourth-order valence-electron chi connectivity index (χ4n) is 3.46. The third kappa shape index (κ3) is 16.8. The molecule has 0 bridgehead atoms. The predicted molar refractivity (Wildman–Crippen MR) is 190 cm³/mol. The van der Waals surface area contributed by atoms with E-state index in [1.165, 1.54) is 0 Å². The van der Waals surface area contributed by atoms with Crippen LogP contribution in [0.4, 0.5) is 0 Å². The van der Waals surface area contributed by atoms with Gasteiger partial charge in [0.25, 0.3) is 5.97 Å². The lowest BCUT2D eigenvalue weighted by Gasteiger charge is -2.09. The molecule has 43 heavy (non-hydrogen) atoms. The van der Waals surface area contributed by atoms with E-state index in [0.717, 1.165) is 18.1 Å². The highest BCUT2D eigenvalue weighted by atomic mass is 80.9. The zero-order valence-electron chi connectivity index (χ0n) is 22.8. The number of hydrogen-bond donors (Lipinski definition) is 1. The van der Waals surface area contributed by atoms with E-state index < -0.39 is 5.97 Å². The van der Waals surface area contributed by atoms with Crippen molar-refractivity contribution < 1.29 is 19.5 Å². The van der Waals surface area contributed by atoms with Gasteiger partial charge in [0, 0.05) is 72.8 Å².